The van der Waals surface area contributed by atoms with Gasteiger partial charge in [-0.1, -0.05) is 72.8 Å². The van der Waals surface area contributed by atoms with E-state index in [-0.39, 0.29) is 0 Å². The normalized spacial score (nSPS) is 11.9. The second-order valence-corrected chi connectivity index (χ2v) is 6.34. The quantitative estimate of drug-likeness (QED) is 0.624. The molecule has 1 atom stereocenters. The molecule has 0 saturated carbocycles. The first-order valence-corrected chi connectivity index (χ1v) is 8.77. The van der Waals surface area contributed by atoms with E-state index < -0.39 is 0 Å². The zero-order chi connectivity index (χ0) is 17.5. The summed E-state index contributed by atoms with van der Waals surface area (Å²) in [5.41, 5.74) is 4.96. The molecule has 3 rings (SSSR count). The largest absolute Gasteiger partial charge is 0.489 e. The standard InChI is InChI=1S/C23H25NO/c1-18-10-6-7-14-22(18)17-25-23-15-9-8-13-21(23)16-24-19(2)20-11-4-3-5-12-20/h3-15,19,24H,16-17H2,1-2H3/t19-/m0/s1. The van der Waals surface area contributed by atoms with Crippen molar-refractivity contribution in [2.45, 2.75) is 33.0 Å². The van der Waals surface area contributed by atoms with Crippen molar-refractivity contribution in [1.82, 2.24) is 5.32 Å². The molecule has 128 valence electrons. The van der Waals surface area contributed by atoms with Crippen LogP contribution < -0.4 is 10.1 Å². The zero-order valence-corrected chi connectivity index (χ0v) is 14.9. The molecule has 0 amide bonds. The van der Waals surface area contributed by atoms with Crippen LogP contribution in [0.15, 0.2) is 78.9 Å². The highest BCUT2D eigenvalue weighted by atomic mass is 16.5. The molecule has 3 aromatic rings. The Kier molecular flexibility index (Phi) is 5.86. The summed E-state index contributed by atoms with van der Waals surface area (Å²) in [7, 11) is 0. The average molecular weight is 331 g/mol. The third-order valence-corrected chi connectivity index (χ3v) is 4.52. The number of rotatable bonds is 7. The highest BCUT2D eigenvalue weighted by Crippen LogP contribution is 2.21. The maximum Gasteiger partial charge on any atom is 0.124 e. The van der Waals surface area contributed by atoms with Gasteiger partial charge in [-0.3, -0.25) is 0 Å². The van der Waals surface area contributed by atoms with Gasteiger partial charge in [0.15, 0.2) is 0 Å². The van der Waals surface area contributed by atoms with Gasteiger partial charge < -0.3 is 10.1 Å². The molecule has 0 aliphatic heterocycles. The number of hydrogen-bond donors (Lipinski definition) is 1. The van der Waals surface area contributed by atoms with E-state index in [1.807, 2.05) is 18.2 Å². The van der Waals surface area contributed by atoms with E-state index in [1.165, 1.54) is 22.3 Å². The molecule has 0 radical (unpaired) electrons. The SMILES string of the molecule is Cc1ccccc1COc1ccccc1CN[C@@H](C)c1ccccc1. The lowest BCUT2D eigenvalue weighted by Crippen LogP contribution is -2.18. The molecule has 0 saturated heterocycles. The first-order valence-electron chi connectivity index (χ1n) is 8.77. The van der Waals surface area contributed by atoms with Crippen LogP contribution in [0, 0.1) is 6.92 Å². The van der Waals surface area contributed by atoms with Crippen LogP contribution >= 0.6 is 0 Å². The van der Waals surface area contributed by atoms with Crippen molar-refractivity contribution in [2.75, 3.05) is 0 Å². The maximum atomic E-state index is 6.10. The molecule has 0 unspecified atom stereocenters. The number of para-hydroxylation sites is 1. The summed E-state index contributed by atoms with van der Waals surface area (Å²) in [6.07, 6.45) is 0. The Morgan fingerprint density at radius 1 is 0.800 bits per heavy atom. The Hall–Kier alpha value is -2.58. The molecule has 0 heterocycles. The van der Waals surface area contributed by atoms with Crippen molar-refractivity contribution >= 4 is 0 Å². The zero-order valence-electron chi connectivity index (χ0n) is 14.9. The Balaban J connectivity index is 1.64. The van der Waals surface area contributed by atoms with E-state index in [2.05, 4.69) is 79.8 Å². The van der Waals surface area contributed by atoms with Gasteiger partial charge in [-0.05, 0) is 36.6 Å². The van der Waals surface area contributed by atoms with Crippen molar-refractivity contribution < 1.29 is 4.74 Å². The Bertz CT molecular complexity index is 798. The van der Waals surface area contributed by atoms with Crippen LogP contribution in [-0.4, -0.2) is 0 Å². The number of aryl methyl sites for hydroxylation is 1. The van der Waals surface area contributed by atoms with Crippen LogP contribution in [0.4, 0.5) is 0 Å². The average Bonchev–Trinajstić information content (AvgIpc) is 2.67. The summed E-state index contributed by atoms with van der Waals surface area (Å²) < 4.78 is 6.10. The van der Waals surface area contributed by atoms with Gasteiger partial charge >= 0.3 is 0 Å². The van der Waals surface area contributed by atoms with E-state index >= 15 is 0 Å². The van der Waals surface area contributed by atoms with E-state index in [0.29, 0.717) is 12.6 Å². The van der Waals surface area contributed by atoms with Crippen LogP contribution in [-0.2, 0) is 13.2 Å². The van der Waals surface area contributed by atoms with Crippen LogP contribution in [0.1, 0.15) is 35.2 Å². The molecule has 0 aliphatic carbocycles. The van der Waals surface area contributed by atoms with E-state index in [1.54, 1.807) is 0 Å². The Labute approximate surface area is 150 Å². The lowest BCUT2D eigenvalue weighted by Gasteiger charge is -2.17. The monoisotopic (exact) mass is 331 g/mol. The molecule has 25 heavy (non-hydrogen) atoms. The molecule has 0 aliphatic rings. The van der Waals surface area contributed by atoms with Gasteiger partial charge in [-0.15, -0.1) is 0 Å². The number of hydrogen-bond acceptors (Lipinski definition) is 2. The molecular weight excluding hydrogens is 306 g/mol. The number of nitrogens with one attached hydrogen (secondary N) is 1. The number of ether oxygens (including phenoxy) is 1. The fourth-order valence-corrected chi connectivity index (χ4v) is 2.84. The van der Waals surface area contributed by atoms with E-state index in [0.717, 1.165) is 12.3 Å². The molecule has 0 fully saturated rings. The maximum absolute atomic E-state index is 6.10. The smallest absolute Gasteiger partial charge is 0.124 e. The summed E-state index contributed by atoms with van der Waals surface area (Å²) in [5, 5.41) is 3.59. The molecule has 0 aromatic heterocycles. The first kappa shape index (κ1) is 17.2. The van der Waals surface area contributed by atoms with E-state index in [4.69, 9.17) is 4.74 Å². The second-order valence-electron chi connectivity index (χ2n) is 6.34. The summed E-state index contributed by atoms with van der Waals surface area (Å²) in [6, 6.07) is 27.4. The van der Waals surface area contributed by atoms with Crippen molar-refractivity contribution in [3.63, 3.8) is 0 Å². The lowest BCUT2D eigenvalue weighted by molar-refractivity contribution is 0.301. The highest BCUT2D eigenvalue weighted by molar-refractivity contribution is 5.34. The lowest BCUT2D eigenvalue weighted by atomic mass is 10.1. The Morgan fingerprint density at radius 2 is 1.44 bits per heavy atom. The molecule has 2 nitrogen and oxygen atoms in total. The molecule has 0 spiro atoms. The molecule has 0 bridgehead atoms. The van der Waals surface area contributed by atoms with Crippen LogP contribution in [0.25, 0.3) is 0 Å². The fourth-order valence-electron chi connectivity index (χ4n) is 2.84. The van der Waals surface area contributed by atoms with Crippen molar-refractivity contribution in [3.8, 4) is 5.75 Å². The molecule has 3 aromatic carbocycles. The minimum Gasteiger partial charge on any atom is -0.489 e. The third-order valence-electron chi connectivity index (χ3n) is 4.52. The second kappa shape index (κ2) is 8.50. The summed E-state index contributed by atoms with van der Waals surface area (Å²) in [6.45, 7) is 5.68. The van der Waals surface area contributed by atoms with Crippen LogP contribution in [0.2, 0.25) is 0 Å². The fraction of sp³-hybridized carbons (Fsp3) is 0.217. The van der Waals surface area contributed by atoms with Gasteiger partial charge in [0, 0.05) is 18.2 Å². The first-order chi connectivity index (χ1) is 12.2. The van der Waals surface area contributed by atoms with Gasteiger partial charge in [0.25, 0.3) is 0 Å². The van der Waals surface area contributed by atoms with Crippen LogP contribution in [0.3, 0.4) is 0 Å². The number of benzene rings is 3. The molecule has 1 N–H and O–H groups in total. The van der Waals surface area contributed by atoms with Gasteiger partial charge in [0.1, 0.15) is 12.4 Å². The highest BCUT2D eigenvalue weighted by Gasteiger charge is 2.08. The predicted octanol–water partition coefficient (Wildman–Crippen LogP) is 5.42. The van der Waals surface area contributed by atoms with Crippen LogP contribution in [0.5, 0.6) is 5.75 Å². The Morgan fingerprint density at radius 3 is 2.20 bits per heavy atom. The predicted molar refractivity (Wildman–Crippen MR) is 104 cm³/mol. The van der Waals surface area contributed by atoms with Crippen molar-refractivity contribution in [3.05, 3.63) is 101 Å². The summed E-state index contributed by atoms with van der Waals surface area (Å²) in [5.74, 6) is 0.943. The molecule has 2 heteroatoms. The van der Waals surface area contributed by atoms with E-state index in [9.17, 15) is 0 Å². The minimum absolute atomic E-state index is 0.297. The van der Waals surface area contributed by atoms with Crippen molar-refractivity contribution in [1.29, 1.82) is 0 Å². The van der Waals surface area contributed by atoms with Crippen molar-refractivity contribution in [2.24, 2.45) is 0 Å². The molecular formula is C23H25NO. The van der Waals surface area contributed by atoms with Gasteiger partial charge in [-0.2, -0.15) is 0 Å². The topological polar surface area (TPSA) is 21.3 Å². The van der Waals surface area contributed by atoms with Gasteiger partial charge in [0.2, 0.25) is 0 Å². The minimum atomic E-state index is 0.297. The summed E-state index contributed by atoms with van der Waals surface area (Å²) in [4.78, 5) is 0. The summed E-state index contributed by atoms with van der Waals surface area (Å²) >= 11 is 0. The van der Waals surface area contributed by atoms with Gasteiger partial charge in [0.05, 0.1) is 0 Å². The van der Waals surface area contributed by atoms with Gasteiger partial charge in [-0.25, -0.2) is 0 Å². The third kappa shape index (κ3) is 4.71.